The highest BCUT2D eigenvalue weighted by Crippen LogP contribution is 2.23. The molecular weight excluding hydrogens is 396 g/mol. The molecule has 2 N–H and O–H groups in total. The number of methoxy groups -OCH3 is 2. The van der Waals surface area contributed by atoms with Gasteiger partial charge in [-0.1, -0.05) is 0 Å². The fraction of sp³-hybridized carbons (Fsp3) is 0.316. The normalized spacial score (nSPS) is 15.8. The highest BCUT2D eigenvalue weighted by Gasteiger charge is 2.17. The van der Waals surface area contributed by atoms with Crippen LogP contribution < -0.4 is 19.5 Å². The molecule has 0 atom stereocenters. The topological polar surface area (TPSA) is 120 Å². The van der Waals surface area contributed by atoms with Crippen molar-refractivity contribution in [2.45, 2.75) is 30.6 Å². The molecule has 0 aliphatic heterocycles. The Bertz CT molecular complexity index is 997. The number of anilines is 2. The maximum Gasteiger partial charge on any atom is 0.321 e. The second-order valence-corrected chi connectivity index (χ2v) is 8.04. The van der Waals surface area contributed by atoms with Gasteiger partial charge in [0.15, 0.2) is 11.6 Å². The van der Waals surface area contributed by atoms with E-state index < -0.39 is 10.0 Å². The van der Waals surface area contributed by atoms with Gasteiger partial charge in [-0.05, 0) is 43.5 Å². The Morgan fingerprint density at radius 1 is 1.03 bits per heavy atom. The van der Waals surface area contributed by atoms with Gasteiger partial charge in [-0.15, -0.1) is 0 Å². The van der Waals surface area contributed by atoms with Crippen molar-refractivity contribution in [3.63, 3.8) is 0 Å². The Kier molecular flexibility index (Phi) is 6.32. The van der Waals surface area contributed by atoms with E-state index in [-0.39, 0.29) is 28.4 Å². The minimum atomic E-state index is -3.87. The van der Waals surface area contributed by atoms with Crippen molar-refractivity contribution >= 4 is 27.3 Å². The zero-order valence-electron chi connectivity index (χ0n) is 16.1. The number of hydrogen-bond acceptors (Lipinski definition) is 8. The first-order valence-corrected chi connectivity index (χ1v) is 10.5. The van der Waals surface area contributed by atoms with Crippen molar-refractivity contribution in [2.75, 3.05) is 24.3 Å². The first kappa shape index (κ1) is 20.6. The number of allylic oxidation sites excluding steroid dienone is 1. The van der Waals surface area contributed by atoms with Crippen molar-refractivity contribution < 1.29 is 22.7 Å². The van der Waals surface area contributed by atoms with Gasteiger partial charge in [0.05, 0.1) is 19.1 Å². The van der Waals surface area contributed by atoms with E-state index in [1.165, 1.54) is 32.4 Å². The second-order valence-electron chi connectivity index (χ2n) is 6.36. The zero-order chi connectivity index (χ0) is 20.9. The summed E-state index contributed by atoms with van der Waals surface area (Å²) in [6.07, 6.45) is 4.96. The Morgan fingerprint density at radius 2 is 1.76 bits per heavy atom. The van der Waals surface area contributed by atoms with Gasteiger partial charge in [-0.2, -0.15) is 9.97 Å². The number of aromatic nitrogens is 2. The van der Waals surface area contributed by atoms with Gasteiger partial charge >= 0.3 is 6.01 Å². The monoisotopic (exact) mass is 418 g/mol. The molecule has 1 aromatic heterocycles. The van der Waals surface area contributed by atoms with Crippen LogP contribution in [-0.4, -0.2) is 38.4 Å². The molecule has 1 fully saturated rings. The number of ketones is 1. The maximum absolute atomic E-state index is 12.6. The van der Waals surface area contributed by atoms with Gasteiger partial charge in [0.2, 0.25) is 5.88 Å². The van der Waals surface area contributed by atoms with E-state index in [0.717, 1.165) is 24.8 Å². The average Bonchev–Trinajstić information content (AvgIpc) is 2.72. The third-order valence-electron chi connectivity index (χ3n) is 4.35. The lowest BCUT2D eigenvalue weighted by atomic mass is 9.94. The smallest absolute Gasteiger partial charge is 0.321 e. The molecule has 10 heteroatoms. The summed E-state index contributed by atoms with van der Waals surface area (Å²) in [7, 11) is -1.10. The van der Waals surface area contributed by atoms with Crippen LogP contribution in [0.5, 0.6) is 11.9 Å². The number of nitrogens with one attached hydrogen (secondary N) is 2. The molecule has 9 nitrogen and oxygen atoms in total. The van der Waals surface area contributed by atoms with Crippen LogP contribution in [0.25, 0.3) is 0 Å². The highest BCUT2D eigenvalue weighted by atomic mass is 32.2. The van der Waals surface area contributed by atoms with Crippen LogP contribution in [0.15, 0.2) is 47.0 Å². The van der Waals surface area contributed by atoms with Crippen LogP contribution in [0.4, 0.5) is 11.5 Å². The van der Waals surface area contributed by atoms with E-state index in [1.54, 1.807) is 18.3 Å². The van der Waals surface area contributed by atoms with Crippen molar-refractivity contribution in [2.24, 2.45) is 0 Å². The summed E-state index contributed by atoms with van der Waals surface area (Å²) >= 11 is 0. The van der Waals surface area contributed by atoms with E-state index in [1.807, 2.05) is 0 Å². The first-order chi connectivity index (χ1) is 13.9. The number of ether oxygens (including phenoxy) is 2. The summed E-state index contributed by atoms with van der Waals surface area (Å²) in [5.74, 6) is 0.346. The SMILES string of the molecule is COc1cc(NS(=O)(=O)c2ccc(N/C=C3/CCCCC3=O)cc2)nc(OC)n1. The van der Waals surface area contributed by atoms with Crippen molar-refractivity contribution in [3.8, 4) is 11.9 Å². The Labute approximate surface area is 169 Å². The molecule has 0 bridgehead atoms. The number of Topliss-reactive ketones (excluding diaryl/α,β-unsaturated/α-hetero) is 1. The zero-order valence-corrected chi connectivity index (χ0v) is 17.0. The number of sulfonamides is 1. The number of carbonyl (C=O) groups excluding carboxylic acids is 1. The fourth-order valence-corrected chi connectivity index (χ4v) is 3.80. The average molecular weight is 418 g/mol. The van der Waals surface area contributed by atoms with Crippen LogP contribution in [0.2, 0.25) is 0 Å². The third-order valence-corrected chi connectivity index (χ3v) is 5.72. The lowest BCUT2D eigenvalue weighted by molar-refractivity contribution is -0.116. The van der Waals surface area contributed by atoms with Gasteiger partial charge in [0, 0.05) is 29.9 Å². The van der Waals surface area contributed by atoms with E-state index in [9.17, 15) is 13.2 Å². The number of rotatable bonds is 7. The van der Waals surface area contributed by atoms with E-state index >= 15 is 0 Å². The van der Waals surface area contributed by atoms with Crippen LogP contribution in [-0.2, 0) is 14.8 Å². The first-order valence-electron chi connectivity index (χ1n) is 9.00. The standard InChI is InChI=1S/C19H22N4O5S/c1-27-18-11-17(21-19(22-18)28-2)23-29(25,26)15-9-7-14(8-10-15)20-12-13-5-3-4-6-16(13)24/h7-12,20H,3-6H2,1-2H3,(H,21,22,23)/b13-12-. The van der Waals surface area contributed by atoms with E-state index in [4.69, 9.17) is 9.47 Å². The van der Waals surface area contributed by atoms with Crippen molar-refractivity contribution in [3.05, 3.63) is 42.1 Å². The van der Waals surface area contributed by atoms with Gasteiger partial charge in [-0.3, -0.25) is 9.52 Å². The Morgan fingerprint density at radius 3 is 2.41 bits per heavy atom. The molecule has 3 rings (SSSR count). The molecule has 29 heavy (non-hydrogen) atoms. The minimum absolute atomic E-state index is 0.0214. The van der Waals surface area contributed by atoms with Gasteiger partial charge in [-0.25, -0.2) is 8.42 Å². The molecule has 2 aromatic rings. The third kappa shape index (κ3) is 5.23. The lowest BCUT2D eigenvalue weighted by Crippen LogP contribution is -2.14. The summed E-state index contributed by atoms with van der Waals surface area (Å²) < 4.78 is 37.6. The molecule has 1 aromatic carbocycles. The molecule has 0 unspecified atom stereocenters. The number of hydrogen-bond donors (Lipinski definition) is 2. The Balaban J connectivity index is 1.73. The summed E-state index contributed by atoms with van der Waals surface area (Å²) in [6.45, 7) is 0. The van der Waals surface area contributed by atoms with E-state index in [0.29, 0.717) is 12.1 Å². The van der Waals surface area contributed by atoms with Gasteiger partial charge in [0.25, 0.3) is 10.0 Å². The molecule has 154 valence electrons. The summed E-state index contributed by atoms with van der Waals surface area (Å²) in [5, 5.41) is 3.05. The fourth-order valence-electron chi connectivity index (χ4n) is 2.80. The lowest BCUT2D eigenvalue weighted by Gasteiger charge is -2.13. The number of nitrogens with zero attached hydrogens (tertiary/aromatic N) is 2. The molecule has 1 saturated carbocycles. The molecular formula is C19H22N4O5S. The summed E-state index contributed by atoms with van der Waals surface area (Å²) in [4.78, 5) is 19.8. The number of carbonyl (C=O) groups is 1. The largest absolute Gasteiger partial charge is 0.481 e. The summed E-state index contributed by atoms with van der Waals surface area (Å²) in [6, 6.07) is 7.50. The molecule has 0 saturated heterocycles. The van der Waals surface area contributed by atoms with Gasteiger partial charge < -0.3 is 14.8 Å². The molecule has 1 aliphatic carbocycles. The van der Waals surface area contributed by atoms with Crippen LogP contribution >= 0.6 is 0 Å². The molecule has 0 spiro atoms. The van der Waals surface area contributed by atoms with E-state index in [2.05, 4.69) is 20.0 Å². The molecule has 1 aliphatic rings. The molecule has 0 amide bonds. The van der Waals surface area contributed by atoms with Gasteiger partial charge in [0.1, 0.15) is 0 Å². The highest BCUT2D eigenvalue weighted by molar-refractivity contribution is 7.92. The maximum atomic E-state index is 12.6. The Hall–Kier alpha value is -3.14. The predicted octanol–water partition coefficient (Wildman–Crippen LogP) is 2.73. The summed E-state index contributed by atoms with van der Waals surface area (Å²) in [5.41, 5.74) is 1.45. The molecule has 0 radical (unpaired) electrons. The van der Waals surface area contributed by atoms with Crippen LogP contribution in [0, 0.1) is 0 Å². The second kappa shape index (κ2) is 8.91. The van der Waals surface area contributed by atoms with Crippen LogP contribution in [0.1, 0.15) is 25.7 Å². The number of benzene rings is 1. The van der Waals surface area contributed by atoms with Crippen molar-refractivity contribution in [1.29, 1.82) is 0 Å². The quantitative estimate of drug-likeness (QED) is 0.659. The van der Waals surface area contributed by atoms with Crippen LogP contribution in [0.3, 0.4) is 0 Å². The minimum Gasteiger partial charge on any atom is -0.481 e. The molecule has 1 heterocycles. The van der Waals surface area contributed by atoms with Crippen molar-refractivity contribution in [1.82, 2.24) is 9.97 Å². The predicted molar refractivity (Wildman–Crippen MR) is 108 cm³/mol.